The summed E-state index contributed by atoms with van der Waals surface area (Å²) < 4.78 is 23.1. The van der Waals surface area contributed by atoms with Gasteiger partial charge in [0.2, 0.25) is 0 Å². The zero-order valence-corrected chi connectivity index (χ0v) is 13.2. The van der Waals surface area contributed by atoms with Crippen molar-refractivity contribution in [3.05, 3.63) is 22.4 Å². The molecule has 5 heteroatoms. The average Bonchev–Trinajstić information content (AvgIpc) is 2.75. The Hall–Kier alpha value is -0.390. The second kappa shape index (κ2) is 6.17. The van der Waals surface area contributed by atoms with E-state index in [0.29, 0.717) is 0 Å². The van der Waals surface area contributed by atoms with Gasteiger partial charge >= 0.3 is 0 Å². The summed E-state index contributed by atoms with van der Waals surface area (Å²) in [6, 6.07) is 4.12. The molecule has 0 aliphatic rings. The Morgan fingerprint density at radius 1 is 1.44 bits per heavy atom. The van der Waals surface area contributed by atoms with Crippen LogP contribution in [0.15, 0.2) is 17.5 Å². The zero-order chi connectivity index (χ0) is 13.8. The number of rotatable bonds is 7. The molecular formula is C13H23NO2S2. The monoisotopic (exact) mass is 289 g/mol. The molecule has 1 atom stereocenters. The van der Waals surface area contributed by atoms with E-state index in [-0.39, 0.29) is 6.04 Å². The van der Waals surface area contributed by atoms with Gasteiger partial charge in [0.15, 0.2) is 9.84 Å². The molecule has 0 radical (unpaired) electrons. The van der Waals surface area contributed by atoms with Crippen molar-refractivity contribution in [2.24, 2.45) is 0 Å². The van der Waals surface area contributed by atoms with Crippen LogP contribution in [0.3, 0.4) is 0 Å². The minimum absolute atomic E-state index is 0.0143. The SMILES string of the molecule is CCNC(CCc1cccs1)C(C)(C)S(C)(=O)=O. The molecule has 1 unspecified atom stereocenters. The predicted molar refractivity (Wildman–Crippen MR) is 79.0 cm³/mol. The molecule has 1 aromatic heterocycles. The van der Waals surface area contributed by atoms with Crippen LogP contribution in [0.2, 0.25) is 0 Å². The van der Waals surface area contributed by atoms with E-state index in [2.05, 4.69) is 16.8 Å². The van der Waals surface area contributed by atoms with E-state index in [0.717, 1.165) is 19.4 Å². The number of thiophene rings is 1. The van der Waals surface area contributed by atoms with E-state index < -0.39 is 14.6 Å². The van der Waals surface area contributed by atoms with Crippen LogP contribution in [-0.4, -0.2) is 32.0 Å². The van der Waals surface area contributed by atoms with Gasteiger partial charge in [-0.1, -0.05) is 13.0 Å². The Morgan fingerprint density at radius 2 is 2.11 bits per heavy atom. The maximum absolute atomic E-state index is 11.9. The molecule has 0 fully saturated rings. The number of nitrogens with one attached hydrogen (secondary N) is 1. The fraction of sp³-hybridized carbons (Fsp3) is 0.692. The third kappa shape index (κ3) is 3.80. The van der Waals surface area contributed by atoms with Crippen LogP contribution in [0.1, 0.15) is 32.1 Å². The van der Waals surface area contributed by atoms with Gasteiger partial charge in [0.25, 0.3) is 0 Å². The third-order valence-corrected chi connectivity index (χ3v) is 6.64. The fourth-order valence-corrected chi connectivity index (χ4v) is 3.38. The largest absolute Gasteiger partial charge is 0.313 e. The zero-order valence-electron chi connectivity index (χ0n) is 11.6. The van der Waals surface area contributed by atoms with Gasteiger partial charge in [-0.3, -0.25) is 0 Å². The lowest BCUT2D eigenvalue weighted by Gasteiger charge is -2.33. The Morgan fingerprint density at radius 3 is 2.56 bits per heavy atom. The highest BCUT2D eigenvalue weighted by atomic mass is 32.2. The summed E-state index contributed by atoms with van der Waals surface area (Å²) >= 11 is 1.72. The average molecular weight is 289 g/mol. The van der Waals surface area contributed by atoms with E-state index in [4.69, 9.17) is 0 Å². The van der Waals surface area contributed by atoms with Crippen LogP contribution >= 0.6 is 11.3 Å². The lowest BCUT2D eigenvalue weighted by atomic mass is 9.97. The van der Waals surface area contributed by atoms with Gasteiger partial charge in [0, 0.05) is 17.2 Å². The summed E-state index contributed by atoms with van der Waals surface area (Å²) in [5, 5.41) is 5.37. The highest BCUT2D eigenvalue weighted by molar-refractivity contribution is 7.92. The number of sulfone groups is 1. The quantitative estimate of drug-likeness (QED) is 0.839. The number of hydrogen-bond donors (Lipinski definition) is 1. The Labute approximate surface area is 115 Å². The second-order valence-corrected chi connectivity index (χ2v) is 8.73. The summed E-state index contributed by atoms with van der Waals surface area (Å²) in [5.41, 5.74) is 0. The van der Waals surface area contributed by atoms with Crippen molar-refractivity contribution >= 4 is 21.2 Å². The molecule has 104 valence electrons. The van der Waals surface area contributed by atoms with Gasteiger partial charge in [0.05, 0.1) is 4.75 Å². The van der Waals surface area contributed by atoms with Gasteiger partial charge in [-0.25, -0.2) is 8.42 Å². The van der Waals surface area contributed by atoms with Crippen molar-refractivity contribution < 1.29 is 8.42 Å². The van der Waals surface area contributed by atoms with E-state index >= 15 is 0 Å². The Bertz CT molecular complexity index is 449. The van der Waals surface area contributed by atoms with E-state index in [1.54, 1.807) is 11.3 Å². The first-order valence-corrected chi connectivity index (χ1v) is 9.01. The topological polar surface area (TPSA) is 46.2 Å². The van der Waals surface area contributed by atoms with Crippen LogP contribution in [0.5, 0.6) is 0 Å². The molecule has 0 bridgehead atoms. The van der Waals surface area contributed by atoms with Crippen molar-refractivity contribution in [1.29, 1.82) is 0 Å². The smallest absolute Gasteiger partial charge is 0.154 e. The minimum Gasteiger partial charge on any atom is -0.313 e. The van der Waals surface area contributed by atoms with E-state index in [1.807, 2.05) is 26.8 Å². The maximum Gasteiger partial charge on any atom is 0.154 e. The molecule has 1 aromatic rings. The molecule has 0 aliphatic heterocycles. The molecule has 0 saturated heterocycles. The summed E-state index contributed by atoms with van der Waals surface area (Å²) in [6.07, 6.45) is 3.09. The van der Waals surface area contributed by atoms with Gasteiger partial charge in [0.1, 0.15) is 0 Å². The van der Waals surface area contributed by atoms with Crippen LogP contribution in [0.25, 0.3) is 0 Å². The van der Waals surface area contributed by atoms with Crippen molar-refractivity contribution in [1.82, 2.24) is 5.32 Å². The summed E-state index contributed by atoms with van der Waals surface area (Å²) in [5.74, 6) is 0. The standard InChI is InChI=1S/C13H23NO2S2/c1-5-14-12(13(2,3)18(4,15)16)9-8-11-7-6-10-17-11/h6-7,10,12,14H,5,8-9H2,1-4H3. The highest BCUT2D eigenvalue weighted by Crippen LogP contribution is 2.24. The van der Waals surface area contributed by atoms with Gasteiger partial charge in [-0.15, -0.1) is 11.3 Å². The van der Waals surface area contributed by atoms with Gasteiger partial charge in [-0.05, 0) is 44.7 Å². The van der Waals surface area contributed by atoms with E-state index in [1.165, 1.54) is 11.1 Å². The molecule has 0 aromatic carbocycles. The first-order chi connectivity index (χ1) is 8.29. The Balaban J connectivity index is 2.76. The molecule has 1 heterocycles. The maximum atomic E-state index is 11.9. The number of aryl methyl sites for hydroxylation is 1. The molecule has 18 heavy (non-hydrogen) atoms. The molecule has 0 aliphatic carbocycles. The summed E-state index contributed by atoms with van der Waals surface area (Å²) in [6.45, 7) is 6.42. The van der Waals surface area contributed by atoms with Crippen molar-refractivity contribution in [3.8, 4) is 0 Å². The van der Waals surface area contributed by atoms with Crippen molar-refractivity contribution in [2.75, 3.05) is 12.8 Å². The van der Waals surface area contributed by atoms with Crippen LogP contribution < -0.4 is 5.32 Å². The number of hydrogen-bond acceptors (Lipinski definition) is 4. The van der Waals surface area contributed by atoms with Crippen LogP contribution in [0.4, 0.5) is 0 Å². The minimum atomic E-state index is -3.07. The van der Waals surface area contributed by atoms with Crippen LogP contribution in [0, 0.1) is 0 Å². The van der Waals surface area contributed by atoms with Crippen molar-refractivity contribution in [2.45, 2.75) is 44.4 Å². The molecule has 3 nitrogen and oxygen atoms in total. The highest BCUT2D eigenvalue weighted by Gasteiger charge is 2.38. The first-order valence-electron chi connectivity index (χ1n) is 6.24. The van der Waals surface area contributed by atoms with Gasteiger partial charge in [-0.2, -0.15) is 0 Å². The lowest BCUT2D eigenvalue weighted by Crippen LogP contribution is -2.51. The molecular weight excluding hydrogens is 266 g/mol. The summed E-state index contributed by atoms with van der Waals surface area (Å²) in [4.78, 5) is 1.31. The fourth-order valence-electron chi connectivity index (χ4n) is 1.94. The predicted octanol–water partition coefficient (Wildman–Crippen LogP) is 2.48. The first kappa shape index (κ1) is 15.7. The van der Waals surface area contributed by atoms with E-state index in [9.17, 15) is 8.42 Å². The molecule has 0 saturated carbocycles. The second-order valence-electron chi connectivity index (χ2n) is 5.10. The van der Waals surface area contributed by atoms with Crippen LogP contribution in [-0.2, 0) is 16.3 Å². The third-order valence-electron chi connectivity index (χ3n) is 3.50. The summed E-state index contributed by atoms with van der Waals surface area (Å²) in [7, 11) is -3.07. The Kier molecular flexibility index (Phi) is 5.37. The molecule has 0 spiro atoms. The molecule has 0 amide bonds. The lowest BCUT2D eigenvalue weighted by molar-refractivity contribution is 0.396. The molecule has 1 rings (SSSR count). The van der Waals surface area contributed by atoms with Gasteiger partial charge < -0.3 is 5.32 Å². The molecule has 1 N–H and O–H groups in total. The van der Waals surface area contributed by atoms with Crippen molar-refractivity contribution in [3.63, 3.8) is 0 Å². The normalized spacial score (nSPS) is 14.7.